The normalized spacial score (nSPS) is 12.9. The molecule has 0 aliphatic heterocycles. The van der Waals surface area contributed by atoms with Crippen molar-refractivity contribution in [3.63, 3.8) is 0 Å². The lowest BCUT2D eigenvalue weighted by Crippen LogP contribution is -2.00. The predicted molar refractivity (Wildman–Crippen MR) is 75.6 cm³/mol. The fraction of sp³-hybridized carbons (Fsp3) is 0.938. The van der Waals surface area contributed by atoms with E-state index < -0.39 is 0 Å². The largest absolute Gasteiger partial charge is 0.0654 e. The highest BCUT2D eigenvalue weighted by Gasteiger charge is 2.06. The number of hydrogen-bond donors (Lipinski definition) is 0. The fourth-order valence-electron chi connectivity index (χ4n) is 2.44. The number of unbranched alkanes of at least 4 members (excludes halogenated alkanes) is 6. The lowest BCUT2D eigenvalue weighted by atomic mass is 9.91. The van der Waals surface area contributed by atoms with Crippen molar-refractivity contribution in [3.05, 3.63) is 6.92 Å². The first kappa shape index (κ1) is 16.0. The molecule has 0 spiro atoms. The molecule has 1 radical (unpaired) electrons. The first-order valence-electron chi connectivity index (χ1n) is 7.64. The summed E-state index contributed by atoms with van der Waals surface area (Å²) in [4.78, 5) is 0. The molecule has 0 rings (SSSR count). The topological polar surface area (TPSA) is 0 Å². The average molecular weight is 225 g/mol. The second-order valence-corrected chi connectivity index (χ2v) is 5.21. The summed E-state index contributed by atoms with van der Waals surface area (Å²) in [6.45, 7) is 8.59. The lowest BCUT2D eigenvalue weighted by Gasteiger charge is -2.15. The Morgan fingerprint density at radius 1 is 0.688 bits per heavy atom. The fourth-order valence-corrected chi connectivity index (χ4v) is 2.44. The SMILES string of the molecule is [CH2]CCC(CCCCC)CCCCCCC. The molecule has 1 atom stereocenters. The van der Waals surface area contributed by atoms with E-state index >= 15 is 0 Å². The number of hydrogen-bond acceptors (Lipinski definition) is 0. The van der Waals surface area contributed by atoms with Crippen LogP contribution in [0.3, 0.4) is 0 Å². The average Bonchev–Trinajstić information content (AvgIpc) is 2.29. The molecule has 0 aromatic heterocycles. The van der Waals surface area contributed by atoms with Crippen molar-refractivity contribution in [2.75, 3.05) is 0 Å². The van der Waals surface area contributed by atoms with E-state index in [1.807, 2.05) is 0 Å². The zero-order valence-corrected chi connectivity index (χ0v) is 11.8. The van der Waals surface area contributed by atoms with Gasteiger partial charge in [0.1, 0.15) is 0 Å². The van der Waals surface area contributed by atoms with E-state index in [1.54, 1.807) is 0 Å². The van der Waals surface area contributed by atoms with Gasteiger partial charge in [-0.2, -0.15) is 0 Å². The third kappa shape index (κ3) is 10.5. The molecule has 0 N–H and O–H groups in total. The Morgan fingerprint density at radius 3 is 1.75 bits per heavy atom. The highest BCUT2D eigenvalue weighted by molar-refractivity contribution is 4.61. The van der Waals surface area contributed by atoms with E-state index in [2.05, 4.69) is 20.8 Å². The summed E-state index contributed by atoms with van der Waals surface area (Å²) in [5.41, 5.74) is 0. The molecule has 0 heterocycles. The van der Waals surface area contributed by atoms with E-state index in [0.717, 1.165) is 12.3 Å². The Balaban J connectivity index is 3.43. The van der Waals surface area contributed by atoms with Crippen LogP contribution in [0.1, 0.15) is 90.9 Å². The molecule has 16 heavy (non-hydrogen) atoms. The van der Waals surface area contributed by atoms with E-state index in [4.69, 9.17) is 0 Å². The Kier molecular flexibility index (Phi) is 13.1. The van der Waals surface area contributed by atoms with E-state index in [9.17, 15) is 0 Å². The van der Waals surface area contributed by atoms with Gasteiger partial charge in [0, 0.05) is 0 Å². The standard InChI is InChI=1S/C16H33/c1-4-7-9-10-12-15-16(13-6-3)14-11-8-5-2/h16H,3-15H2,1-2H3. The summed E-state index contributed by atoms with van der Waals surface area (Å²) < 4.78 is 0. The molecule has 97 valence electrons. The molecule has 0 fully saturated rings. The monoisotopic (exact) mass is 225 g/mol. The molecule has 0 bridgehead atoms. The van der Waals surface area contributed by atoms with Gasteiger partial charge >= 0.3 is 0 Å². The predicted octanol–water partition coefficient (Wildman–Crippen LogP) is 6.16. The summed E-state index contributed by atoms with van der Waals surface area (Å²) in [5.74, 6) is 0.977. The summed E-state index contributed by atoms with van der Waals surface area (Å²) >= 11 is 0. The maximum atomic E-state index is 4.01. The van der Waals surface area contributed by atoms with Crippen LogP contribution in [0.25, 0.3) is 0 Å². The van der Waals surface area contributed by atoms with Crippen LogP contribution in [0.2, 0.25) is 0 Å². The number of rotatable bonds is 12. The minimum Gasteiger partial charge on any atom is -0.0654 e. The molecule has 0 nitrogen and oxygen atoms in total. The quantitative estimate of drug-likeness (QED) is 0.349. The Hall–Kier alpha value is 0. The van der Waals surface area contributed by atoms with Crippen molar-refractivity contribution in [3.8, 4) is 0 Å². The molecule has 0 aliphatic rings. The van der Waals surface area contributed by atoms with Gasteiger partial charge in [0.05, 0.1) is 0 Å². The lowest BCUT2D eigenvalue weighted by molar-refractivity contribution is 0.385. The van der Waals surface area contributed by atoms with Crippen LogP contribution in [0, 0.1) is 12.8 Å². The van der Waals surface area contributed by atoms with E-state index in [0.29, 0.717) is 0 Å². The highest BCUT2D eigenvalue weighted by atomic mass is 14.1. The third-order valence-electron chi connectivity index (χ3n) is 3.54. The van der Waals surface area contributed by atoms with Gasteiger partial charge in [0.2, 0.25) is 0 Å². The Labute approximate surface area is 104 Å². The molecule has 0 heteroatoms. The van der Waals surface area contributed by atoms with Crippen molar-refractivity contribution >= 4 is 0 Å². The third-order valence-corrected chi connectivity index (χ3v) is 3.54. The van der Waals surface area contributed by atoms with Crippen molar-refractivity contribution in [1.29, 1.82) is 0 Å². The molecule has 0 aromatic rings. The van der Waals surface area contributed by atoms with Gasteiger partial charge in [-0.3, -0.25) is 0 Å². The van der Waals surface area contributed by atoms with Crippen molar-refractivity contribution < 1.29 is 0 Å². The molecule has 0 amide bonds. The summed E-state index contributed by atoms with van der Waals surface area (Å²) in [7, 11) is 0. The van der Waals surface area contributed by atoms with Gasteiger partial charge < -0.3 is 0 Å². The molecule has 0 aliphatic carbocycles. The molecule has 1 unspecified atom stereocenters. The van der Waals surface area contributed by atoms with Gasteiger partial charge in [-0.15, -0.1) is 0 Å². The summed E-state index contributed by atoms with van der Waals surface area (Å²) in [6.07, 6.45) is 16.8. The van der Waals surface area contributed by atoms with Crippen molar-refractivity contribution in [2.24, 2.45) is 5.92 Å². The van der Waals surface area contributed by atoms with E-state index in [1.165, 1.54) is 70.6 Å². The summed E-state index contributed by atoms with van der Waals surface area (Å²) in [6, 6.07) is 0. The van der Waals surface area contributed by atoms with Crippen LogP contribution >= 0.6 is 0 Å². The van der Waals surface area contributed by atoms with Gasteiger partial charge in [-0.1, -0.05) is 97.8 Å². The first-order valence-corrected chi connectivity index (χ1v) is 7.64. The highest BCUT2D eigenvalue weighted by Crippen LogP contribution is 2.22. The molecule has 0 saturated carbocycles. The molecular weight excluding hydrogens is 192 g/mol. The van der Waals surface area contributed by atoms with Crippen LogP contribution in [0.15, 0.2) is 0 Å². The van der Waals surface area contributed by atoms with Crippen LogP contribution in [-0.4, -0.2) is 0 Å². The van der Waals surface area contributed by atoms with Gasteiger partial charge in [0.15, 0.2) is 0 Å². The smallest absolute Gasteiger partial charge is 0.0414 e. The molecule has 0 saturated heterocycles. The van der Waals surface area contributed by atoms with Crippen LogP contribution in [-0.2, 0) is 0 Å². The van der Waals surface area contributed by atoms with Crippen molar-refractivity contribution in [2.45, 2.75) is 90.9 Å². The van der Waals surface area contributed by atoms with Crippen LogP contribution in [0.4, 0.5) is 0 Å². The molecule has 0 aromatic carbocycles. The Bertz CT molecular complexity index is 117. The maximum absolute atomic E-state index is 4.01. The minimum absolute atomic E-state index is 0.977. The second-order valence-electron chi connectivity index (χ2n) is 5.21. The Morgan fingerprint density at radius 2 is 1.19 bits per heavy atom. The van der Waals surface area contributed by atoms with Gasteiger partial charge in [-0.05, 0) is 5.92 Å². The van der Waals surface area contributed by atoms with E-state index in [-0.39, 0.29) is 0 Å². The second kappa shape index (κ2) is 13.1. The summed E-state index contributed by atoms with van der Waals surface area (Å²) in [5, 5.41) is 0. The van der Waals surface area contributed by atoms with Crippen LogP contribution in [0.5, 0.6) is 0 Å². The first-order chi connectivity index (χ1) is 7.85. The van der Waals surface area contributed by atoms with Gasteiger partial charge in [0.25, 0.3) is 0 Å². The van der Waals surface area contributed by atoms with Crippen LogP contribution < -0.4 is 0 Å². The van der Waals surface area contributed by atoms with Crippen molar-refractivity contribution in [1.82, 2.24) is 0 Å². The maximum Gasteiger partial charge on any atom is -0.0414 e. The zero-order chi connectivity index (χ0) is 12.1. The zero-order valence-electron chi connectivity index (χ0n) is 11.8. The molecular formula is C16H33. The van der Waals surface area contributed by atoms with Gasteiger partial charge in [-0.25, -0.2) is 0 Å². The minimum atomic E-state index is 0.977.